The number of rotatable bonds is 4. The molecule has 13 heteroatoms. The van der Waals surface area contributed by atoms with E-state index >= 15 is 0 Å². The molecular weight excluding hydrogens is 496 g/mol. The zero-order valence-electron chi connectivity index (χ0n) is 20.1. The first-order valence-electron chi connectivity index (χ1n) is 11.6. The molecule has 1 aromatic carbocycles. The van der Waals surface area contributed by atoms with Gasteiger partial charge < -0.3 is 20.0 Å². The molecule has 2 fully saturated rings. The molecule has 2 aliphatic rings. The number of halogens is 6. The predicted molar refractivity (Wildman–Crippen MR) is 122 cm³/mol. The summed E-state index contributed by atoms with van der Waals surface area (Å²) in [5, 5.41) is 14.2. The second kappa shape index (κ2) is 14.9. The van der Waals surface area contributed by atoms with Gasteiger partial charge in [-0.1, -0.05) is 25.1 Å². The van der Waals surface area contributed by atoms with Gasteiger partial charge >= 0.3 is 24.3 Å². The number of hydrogen-bond donors (Lipinski definition) is 2. The number of para-hydroxylation sites is 1. The normalized spacial score (nSPS) is 18.2. The summed E-state index contributed by atoms with van der Waals surface area (Å²) in [6.45, 7) is 11.1. The number of likely N-dealkylation sites (tertiary alicyclic amines) is 1. The minimum atomic E-state index is -5.08. The fraction of sp³-hybridized carbons (Fsp3) is 0.652. The Morgan fingerprint density at radius 3 is 1.78 bits per heavy atom. The first-order chi connectivity index (χ1) is 16.8. The third kappa shape index (κ3) is 11.9. The van der Waals surface area contributed by atoms with Gasteiger partial charge in [0.2, 0.25) is 0 Å². The van der Waals surface area contributed by atoms with Gasteiger partial charge in [0.05, 0.1) is 0 Å². The fourth-order valence-corrected chi connectivity index (χ4v) is 4.02. The Hall–Kier alpha value is -2.54. The lowest BCUT2D eigenvalue weighted by atomic mass is 10.0. The highest BCUT2D eigenvalue weighted by atomic mass is 19.4. The van der Waals surface area contributed by atoms with Crippen LogP contribution in [0.3, 0.4) is 0 Å². The first-order valence-corrected chi connectivity index (χ1v) is 11.6. The number of anilines is 1. The lowest BCUT2D eigenvalue weighted by Gasteiger charge is -2.38. The molecule has 0 amide bonds. The molecule has 0 saturated carbocycles. The van der Waals surface area contributed by atoms with Gasteiger partial charge in [0.15, 0.2) is 0 Å². The summed E-state index contributed by atoms with van der Waals surface area (Å²) < 4.78 is 63.5. The van der Waals surface area contributed by atoms with Crippen LogP contribution in [0.4, 0.5) is 32.0 Å². The van der Waals surface area contributed by atoms with E-state index in [1.54, 1.807) is 0 Å². The zero-order chi connectivity index (χ0) is 27.4. The third-order valence-electron chi connectivity index (χ3n) is 5.75. The second-order valence-corrected chi connectivity index (χ2v) is 8.39. The van der Waals surface area contributed by atoms with Crippen molar-refractivity contribution in [2.45, 2.75) is 51.0 Å². The maximum Gasteiger partial charge on any atom is 0.490 e. The lowest BCUT2D eigenvalue weighted by Crippen LogP contribution is -2.46. The van der Waals surface area contributed by atoms with Crippen LogP contribution in [-0.4, -0.2) is 96.2 Å². The van der Waals surface area contributed by atoms with Crippen LogP contribution in [0.1, 0.15) is 32.6 Å². The van der Waals surface area contributed by atoms with E-state index in [2.05, 4.69) is 52.0 Å². The Bertz CT molecular complexity index is 760. The van der Waals surface area contributed by atoms with E-state index in [4.69, 9.17) is 19.8 Å². The maximum absolute atomic E-state index is 10.6. The lowest BCUT2D eigenvalue weighted by molar-refractivity contribution is -0.193. The van der Waals surface area contributed by atoms with Gasteiger partial charge in [-0.25, -0.2) is 9.59 Å². The van der Waals surface area contributed by atoms with Crippen LogP contribution in [0.25, 0.3) is 0 Å². The van der Waals surface area contributed by atoms with Crippen molar-refractivity contribution in [3.63, 3.8) is 0 Å². The topological polar surface area (TPSA) is 84.3 Å². The molecule has 206 valence electrons. The smallest absolute Gasteiger partial charge is 0.475 e. The first kappa shape index (κ1) is 31.5. The average molecular weight is 530 g/mol. The molecule has 3 rings (SSSR count). The number of alkyl halides is 6. The Labute approximate surface area is 206 Å². The number of carboxylic acids is 2. The summed E-state index contributed by atoms with van der Waals surface area (Å²) in [7, 11) is 0. The van der Waals surface area contributed by atoms with E-state index in [-0.39, 0.29) is 0 Å². The molecule has 36 heavy (non-hydrogen) atoms. The molecule has 0 aromatic heterocycles. The molecular formula is C23H33F6N3O4. The van der Waals surface area contributed by atoms with Crippen LogP contribution in [-0.2, 0) is 9.59 Å². The van der Waals surface area contributed by atoms with Gasteiger partial charge in [0, 0.05) is 37.9 Å². The minimum Gasteiger partial charge on any atom is -0.475 e. The molecule has 0 unspecified atom stereocenters. The van der Waals surface area contributed by atoms with Gasteiger partial charge in [-0.3, -0.25) is 4.90 Å². The fourth-order valence-electron chi connectivity index (χ4n) is 4.02. The molecule has 2 saturated heterocycles. The molecule has 0 aliphatic carbocycles. The summed E-state index contributed by atoms with van der Waals surface area (Å²) >= 11 is 0. The van der Waals surface area contributed by atoms with Crippen LogP contribution in [0.2, 0.25) is 0 Å². The number of carbonyl (C=O) groups is 2. The van der Waals surface area contributed by atoms with Crippen molar-refractivity contribution < 1.29 is 46.1 Å². The van der Waals surface area contributed by atoms with Crippen molar-refractivity contribution in [3.05, 3.63) is 30.3 Å². The minimum absolute atomic E-state index is 0.823. The Morgan fingerprint density at radius 1 is 0.833 bits per heavy atom. The summed E-state index contributed by atoms with van der Waals surface area (Å²) in [6, 6.07) is 11.7. The van der Waals surface area contributed by atoms with Crippen LogP contribution < -0.4 is 4.90 Å². The summed E-state index contributed by atoms with van der Waals surface area (Å²) in [5.41, 5.74) is 1.39. The number of nitrogens with zero attached hydrogens (tertiary/aromatic N) is 3. The Morgan fingerprint density at radius 2 is 1.33 bits per heavy atom. The van der Waals surface area contributed by atoms with Crippen LogP contribution in [0.5, 0.6) is 0 Å². The predicted octanol–water partition coefficient (Wildman–Crippen LogP) is 4.34. The summed E-state index contributed by atoms with van der Waals surface area (Å²) in [4.78, 5) is 25.8. The van der Waals surface area contributed by atoms with Gasteiger partial charge in [0.25, 0.3) is 0 Å². The van der Waals surface area contributed by atoms with E-state index in [0.29, 0.717) is 0 Å². The van der Waals surface area contributed by atoms with E-state index in [9.17, 15) is 26.3 Å². The van der Waals surface area contributed by atoms with Crippen LogP contribution >= 0.6 is 0 Å². The third-order valence-corrected chi connectivity index (χ3v) is 5.75. The van der Waals surface area contributed by atoms with Crippen molar-refractivity contribution in [3.8, 4) is 0 Å². The van der Waals surface area contributed by atoms with Gasteiger partial charge in [0.1, 0.15) is 0 Å². The highest BCUT2D eigenvalue weighted by Gasteiger charge is 2.38. The van der Waals surface area contributed by atoms with Gasteiger partial charge in [-0.2, -0.15) is 26.3 Å². The number of carboxylic acid groups (broad SMARTS) is 2. The SMILES string of the molecule is CCCN1CCC(N2CCCN(c3ccccc3)CC2)CC1.O=C(O)C(F)(F)F.O=C(O)C(F)(F)F. The highest BCUT2D eigenvalue weighted by molar-refractivity contribution is 5.73. The van der Waals surface area contributed by atoms with E-state index in [1.807, 2.05) is 0 Å². The molecule has 2 aliphatic heterocycles. The molecule has 0 radical (unpaired) electrons. The van der Waals surface area contributed by atoms with Crippen molar-refractivity contribution in [1.29, 1.82) is 0 Å². The average Bonchev–Trinajstić information content (AvgIpc) is 3.06. The Balaban J connectivity index is 0.000000383. The number of aliphatic carboxylic acids is 2. The van der Waals surface area contributed by atoms with Crippen molar-refractivity contribution in [2.24, 2.45) is 0 Å². The molecule has 0 spiro atoms. The van der Waals surface area contributed by atoms with Crippen molar-refractivity contribution >= 4 is 17.6 Å². The van der Waals surface area contributed by atoms with E-state index in [1.165, 1.54) is 77.2 Å². The monoisotopic (exact) mass is 529 g/mol. The zero-order valence-corrected chi connectivity index (χ0v) is 20.1. The molecule has 7 nitrogen and oxygen atoms in total. The van der Waals surface area contributed by atoms with Gasteiger partial charge in [-0.15, -0.1) is 0 Å². The van der Waals surface area contributed by atoms with Crippen molar-refractivity contribution in [2.75, 3.05) is 50.7 Å². The molecule has 1 aromatic rings. The molecule has 0 atom stereocenters. The van der Waals surface area contributed by atoms with Crippen molar-refractivity contribution in [1.82, 2.24) is 9.80 Å². The maximum atomic E-state index is 10.6. The molecule has 0 bridgehead atoms. The number of benzene rings is 1. The van der Waals surface area contributed by atoms with E-state index in [0.717, 1.165) is 6.04 Å². The second-order valence-electron chi connectivity index (χ2n) is 8.39. The largest absolute Gasteiger partial charge is 0.490 e. The number of piperidine rings is 1. The van der Waals surface area contributed by atoms with E-state index < -0.39 is 24.3 Å². The summed E-state index contributed by atoms with van der Waals surface area (Å²) in [6.07, 6.45) is -4.85. The quantitative estimate of drug-likeness (QED) is 0.562. The van der Waals surface area contributed by atoms with Crippen LogP contribution in [0.15, 0.2) is 30.3 Å². The standard InChI is InChI=1S/C19H31N3.2C2HF3O2/c1-2-11-20-14-9-19(10-15-20)22-13-6-12-21(16-17-22)18-7-4-3-5-8-18;2*3-2(4,5)1(6)7/h3-5,7-8,19H,2,6,9-17H2,1H3;2*(H,6,7). The summed E-state index contributed by atoms with van der Waals surface area (Å²) in [5.74, 6) is -5.51. The Kier molecular flexibility index (Phi) is 13.0. The molecule has 2 N–H and O–H groups in total. The van der Waals surface area contributed by atoms with Gasteiger partial charge in [-0.05, 0) is 57.5 Å². The highest BCUT2D eigenvalue weighted by Crippen LogP contribution is 2.21. The van der Waals surface area contributed by atoms with Crippen LogP contribution in [0, 0.1) is 0 Å². The molecule has 2 heterocycles. The number of hydrogen-bond acceptors (Lipinski definition) is 5.